The molecule has 1 atom stereocenters. The van der Waals surface area contributed by atoms with E-state index in [1.165, 1.54) is 0 Å². The number of nitrogens with zero attached hydrogens (tertiary/aromatic N) is 1. The lowest BCUT2D eigenvalue weighted by molar-refractivity contribution is 0.0955. The quantitative estimate of drug-likeness (QED) is 0.917. The maximum Gasteiger partial charge on any atom is 0.251 e. The van der Waals surface area contributed by atoms with Crippen molar-refractivity contribution in [1.29, 1.82) is 0 Å². The molecule has 0 aliphatic carbocycles. The number of carbonyl (C=O) groups excluding carboxylic acids is 1. The van der Waals surface area contributed by atoms with E-state index in [0.717, 1.165) is 35.6 Å². The summed E-state index contributed by atoms with van der Waals surface area (Å²) in [5.41, 5.74) is 2.73. The predicted octanol–water partition coefficient (Wildman–Crippen LogP) is 2.63. The minimum absolute atomic E-state index is 0.0591. The van der Waals surface area contributed by atoms with E-state index in [-0.39, 0.29) is 5.91 Å². The summed E-state index contributed by atoms with van der Waals surface area (Å²) in [6.45, 7) is 3.15. The van der Waals surface area contributed by atoms with Crippen LogP contribution in [-0.4, -0.2) is 31.2 Å². The average molecular weight is 326 g/mol. The Bertz CT molecular complexity index is 730. The fraction of sp³-hybridized carbons (Fsp3) is 0.368. The molecule has 1 aromatic carbocycles. The summed E-state index contributed by atoms with van der Waals surface area (Å²) in [5, 5.41) is 2.81. The highest BCUT2D eigenvalue weighted by molar-refractivity contribution is 5.94. The van der Waals surface area contributed by atoms with Crippen molar-refractivity contribution in [2.75, 3.05) is 20.3 Å². The molecule has 0 bridgehead atoms. The molecular weight excluding hydrogens is 304 g/mol. The van der Waals surface area contributed by atoms with Crippen molar-refractivity contribution in [2.24, 2.45) is 5.92 Å². The van der Waals surface area contributed by atoms with Gasteiger partial charge in [0.1, 0.15) is 0 Å². The molecule has 5 heteroatoms. The number of nitrogens with one attached hydrogen (secondary N) is 1. The third kappa shape index (κ3) is 3.50. The van der Waals surface area contributed by atoms with E-state index in [0.29, 0.717) is 24.6 Å². The molecular formula is C19H22N2O3. The number of aromatic nitrogens is 1. The minimum atomic E-state index is -0.0591. The van der Waals surface area contributed by atoms with Crippen LogP contribution in [0.1, 0.15) is 28.5 Å². The van der Waals surface area contributed by atoms with Crippen LogP contribution in [0.5, 0.6) is 11.5 Å². The van der Waals surface area contributed by atoms with Crippen molar-refractivity contribution in [2.45, 2.75) is 19.8 Å². The van der Waals surface area contributed by atoms with E-state index in [1.807, 2.05) is 25.1 Å². The van der Waals surface area contributed by atoms with Crippen molar-refractivity contribution >= 4 is 5.91 Å². The molecule has 1 N–H and O–H groups in total. The van der Waals surface area contributed by atoms with Gasteiger partial charge in [0.15, 0.2) is 11.5 Å². The number of para-hydroxylation sites is 1. The number of hydrogen-bond donors (Lipinski definition) is 1. The van der Waals surface area contributed by atoms with E-state index >= 15 is 0 Å². The zero-order valence-corrected chi connectivity index (χ0v) is 14.0. The Labute approximate surface area is 142 Å². The van der Waals surface area contributed by atoms with Crippen molar-refractivity contribution in [3.63, 3.8) is 0 Å². The summed E-state index contributed by atoms with van der Waals surface area (Å²) in [6, 6.07) is 9.58. The smallest absolute Gasteiger partial charge is 0.251 e. The molecule has 0 spiro atoms. The lowest BCUT2D eigenvalue weighted by atomic mass is 9.92. The number of ether oxygens (including phenoxy) is 2. The molecule has 0 radical (unpaired) electrons. The van der Waals surface area contributed by atoms with Gasteiger partial charge in [-0.15, -0.1) is 0 Å². The van der Waals surface area contributed by atoms with Crippen LogP contribution in [0, 0.1) is 5.92 Å². The summed E-state index contributed by atoms with van der Waals surface area (Å²) >= 11 is 0. The lowest BCUT2D eigenvalue weighted by Gasteiger charge is -2.26. The highest BCUT2D eigenvalue weighted by atomic mass is 16.5. The SMILES string of the molecule is CCNC(=O)c1ccnc(C[C@H]2COc3c(cccc3OC)C2)c1. The van der Waals surface area contributed by atoms with Gasteiger partial charge in [-0.2, -0.15) is 0 Å². The van der Waals surface area contributed by atoms with Crippen LogP contribution in [0.25, 0.3) is 0 Å². The topological polar surface area (TPSA) is 60.5 Å². The number of carbonyl (C=O) groups is 1. The zero-order valence-electron chi connectivity index (χ0n) is 14.0. The van der Waals surface area contributed by atoms with Crippen LogP contribution in [-0.2, 0) is 12.8 Å². The van der Waals surface area contributed by atoms with Crippen LogP contribution in [0.15, 0.2) is 36.5 Å². The minimum Gasteiger partial charge on any atom is -0.493 e. The van der Waals surface area contributed by atoms with Gasteiger partial charge in [0.25, 0.3) is 5.91 Å². The summed E-state index contributed by atoms with van der Waals surface area (Å²) in [7, 11) is 1.65. The van der Waals surface area contributed by atoms with Crippen molar-refractivity contribution < 1.29 is 14.3 Å². The summed E-state index contributed by atoms with van der Waals surface area (Å²) in [5.74, 6) is 1.90. The highest BCUT2D eigenvalue weighted by Gasteiger charge is 2.23. The van der Waals surface area contributed by atoms with Crippen LogP contribution in [0.2, 0.25) is 0 Å². The molecule has 2 aromatic rings. The molecule has 3 rings (SSSR count). The van der Waals surface area contributed by atoms with E-state index in [2.05, 4.69) is 16.4 Å². The Balaban J connectivity index is 1.71. The van der Waals surface area contributed by atoms with E-state index in [1.54, 1.807) is 19.4 Å². The van der Waals surface area contributed by atoms with Crippen LogP contribution >= 0.6 is 0 Å². The van der Waals surface area contributed by atoms with Gasteiger partial charge in [-0.25, -0.2) is 0 Å². The Hall–Kier alpha value is -2.56. The van der Waals surface area contributed by atoms with Gasteiger partial charge in [-0.3, -0.25) is 9.78 Å². The number of hydrogen-bond acceptors (Lipinski definition) is 4. The first kappa shape index (κ1) is 16.3. The molecule has 5 nitrogen and oxygen atoms in total. The Morgan fingerprint density at radius 1 is 1.42 bits per heavy atom. The molecule has 126 valence electrons. The molecule has 0 saturated heterocycles. The Morgan fingerprint density at radius 3 is 3.08 bits per heavy atom. The van der Waals surface area contributed by atoms with Crippen LogP contribution < -0.4 is 14.8 Å². The summed E-state index contributed by atoms with van der Waals surface area (Å²) < 4.78 is 11.3. The molecule has 24 heavy (non-hydrogen) atoms. The first-order valence-corrected chi connectivity index (χ1v) is 8.23. The van der Waals surface area contributed by atoms with Gasteiger partial charge < -0.3 is 14.8 Å². The second-order valence-corrected chi connectivity index (χ2v) is 5.93. The molecule has 1 aliphatic heterocycles. The van der Waals surface area contributed by atoms with Gasteiger partial charge in [-0.05, 0) is 43.5 Å². The first-order valence-electron chi connectivity index (χ1n) is 8.23. The maximum absolute atomic E-state index is 11.9. The first-order chi connectivity index (χ1) is 11.7. The number of methoxy groups -OCH3 is 1. The van der Waals surface area contributed by atoms with Crippen molar-refractivity contribution in [3.8, 4) is 11.5 Å². The Morgan fingerprint density at radius 2 is 2.29 bits per heavy atom. The molecule has 0 unspecified atom stereocenters. The van der Waals surface area contributed by atoms with Gasteiger partial charge >= 0.3 is 0 Å². The zero-order chi connectivity index (χ0) is 16.9. The third-order valence-corrected chi connectivity index (χ3v) is 4.17. The second kappa shape index (κ2) is 7.34. The molecule has 1 aromatic heterocycles. The van der Waals surface area contributed by atoms with Crippen LogP contribution in [0.3, 0.4) is 0 Å². The summed E-state index contributed by atoms with van der Waals surface area (Å²) in [4.78, 5) is 16.4. The van der Waals surface area contributed by atoms with Gasteiger partial charge in [0.2, 0.25) is 0 Å². The van der Waals surface area contributed by atoms with Crippen molar-refractivity contribution in [1.82, 2.24) is 10.3 Å². The van der Waals surface area contributed by atoms with E-state index < -0.39 is 0 Å². The number of benzene rings is 1. The molecule has 1 aliphatic rings. The Kier molecular flexibility index (Phi) is 4.99. The molecule has 2 heterocycles. The second-order valence-electron chi connectivity index (χ2n) is 5.93. The number of rotatable bonds is 5. The monoisotopic (exact) mass is 326 g/mol. The molecule has 1 amide bonds. The van der Waals surface area contributed by atoms with E-state index in [4.69, 9.17) is 9.47 Å². The standard InChI is InChI=1S/C19H22N2O3/c1-3-20-19(22)15-7-8-21-16(11-15)10-13-9-14-5-4-6-17(23-2)18(14)24-12-13/h4-8,11,13H,3,9-10,12H2,1-2H3,(H,20,22)/t13-/m0/s1. The van der Waals surface area contributed by atoms with Crippen molar-refractivity contribution in [3.05, 3.63) is 53.3 Å². The third-order valence-electron chi connectivity index (χ3n) is 4.17. The average Bonchev–Trinajstić information content (AvgIpc) is 2.61. The van der Waals surface area contributed by atoms with E-state index in [9.17, 15) is 4.79 Å². The maximum atomic E-state index is 11.9. The van der Waals surface area contributed by atoms with Gasteiger partial charge in [0.05, 0.1) is 13.7 Å². The molecule has 0 fully saturated rings. The number of fused-ring (bicyclic) bond motifs is 1. The largest absolute Gasteiger partial charge is 0.493 e. The molecule has 0 saturated carbocycles. The van der Waals surface area contributed by atoms with Crippen LogP contribution in [0.4, 0.5) is 0 Å². The predicted molar refractivity (Wildman–Crippen MR) is 91.6 cm³/mol. The fourth-order valence-electron chi connectivity index (χ4n) is 3.04. The normalized spacial score (nSPS) is 16.0. The van der Waals surface area contributed by atoms with Gasteiger partial charge in [-0.1, -0.05) is 12.1 Å². The highest BCUT2D eigenvalue weighted by Crippen LogP contribution is 2.36. The van der Waals surface area contributed by atoms with Gasteiger partial charge in [0, 0.05) is 29.9 Å². The lowest BCUT2D eigenvalue weighted by Crippen LogP contribution is -2.25. The number of amides is 1. The number of pyridine rings is 1. The summed E-state index contributed by atoms with van der Waals surface area (Å²) in [6.07, 6.45) is 3.39. The fourth-order valence-corrected chi connectivity index (χ4v) is 3.04.